The molecule has 2 aromatic rings. The zero-order chi connectivity index (χ0) is 27.2. The molecule has 2 heterocycles. The molecule has 0 aromatic heterocycles. The number of amides is 2. The molecule has 0 saturated carbocycles. The van der Waals surface area contributed by atoms with Gasteiger partial charge in [0.25, 0.3) is 11.6 Å². The van der Waals surface area contributed by atoms with E-state index in [0.29, 0.717) is 49.0 Å². The molecule has 4 rings (SSSR count). The molecule has 0 spiro atoms. The van der Waals surface area contributed by atoms with Crippen LogP contribution in [-0.4, -0.2) is 66.0 Å². The fourth-order valence-electron chi connectivity index (χ4n) is 4.78. The number of halogens is 1. The van der Waals surface area contributed by atoms with Crippen LogP contribution in [0.4, 0.5) is 22.7 Å². The second-order valence-electron chi connectivity index (χ2n) is 9.35. The lowest BCUT2D eigenvalue weighted by atomic mass is 10.1. The normalized spacial score (nSPS) is 15.4. The number of hydrogen-bond acceptors (Lipinski definition) is 7. The first kappa shape index (κ1) is 27.6. The van der Waals surface area contributed by atoms with E-state index in [9.17, 15) is 19.7 Å². The third-order valence-electron chi connectivity index (χ3n) is 6.75. The van der Waals surface area contributed by atoms with Crippen LogP contribution >= 0.6 is 23.8 Å². The Kier molecular flexibility index (Phi) is 9.01. The van der Waals surface area contributed by atoms with Crippen LogP contribution in [0.2, 0.25) is 5.02 Å². The average Bonchev–Trinajstić information content (AvgIpc) is 3.43. The van der Waals surface area contributed by atoms with E-state index in [-0.39, 0.29) is 22.3 Å². The third kappa shape index (κ3) is 6.51. The van der Waals surface area contributed by atoms with Gasteiger partial charge in [0.15, 0.2) is 5.11 Å². The number of nitro groups is 1. The van der Waals surface area contributed by atoms with Gasteiger partial charge in [-0.2, -0.15) is 0 Å². The number of anilines is 3. The van der Waals surface area contributed by atoms with Crippen LogP contribution in [0.15, 0.2) is 36.4 Å². The van der Waals surface area contributed by atoms with Crippen molar-refractivity contribution in [3.05, 3.63) is 57.1 Å². The van der Waals surface area contributed by atoms with Gasteiger partial charge in [0.05, 0.1) is 15.6 Å². The lowest BCUT2D eigenvalue weighted by molar-refractivity contribution is -0.384. The maximum Gasteiger partial charge on any atom is 0.293 e. The highest BCUT2D eigenvalue weighted by molar-refractivity contribution is 7.80. The number of piperazine rings is 1. The molecule has 12 heteroatoms. The summed E-state index contributed by atoms with van der Waals surface area (Å²) in [4.78, 5) is 42.1. The largest absolute Gasteiger partial charge is 0.367 e. The van der Waals surface area contributed by atoms with E-state index in [1.54, 1.807) is 18.2 Å². The van der Waals surface area contributed by atoms with Crippen molar-refractivity contribution in [2.45, 2.75) is 32.6 Å². The summed E-state index contributed by atoms with van der Waals surface area (Å²) in [7, 11) is 0. The van der Waals surface area contributed by atoms with Crippen molar-refractivity contribution in [1.82, 2.24) is 10.2 Å². The first-order valence-electron chi connectivity index (χ1n) is 12.7. The Morgan fingerprint density at radius 3 is 2.29 bits per heavy atom. The second kappa shape index (κ2) is 12.4. The van der Waals surface area contributed by atoms with Crippen molar-refractivity contribution in [2.75, 3.05) is 54.4 Å². The summed E-state index contributed by atoms with van der Waals surface area (Å²) in [6.07, 6.45) is 3.38. The number of rotatable bonds is 7. The molecule has 0 atom stereocenters. The summed E-state index contributed by atoms with van der Waals surface area (Å²) in [6, 6.07) is 9.88. The van der Waals surface area contributed by atoms with Crippen LogP contribution < -0.4 is 20.4 Å². The lowest BCUT2D eigenvalue weighted by Gasteiger charge is -2.36. The van der Waals surface area contributed by atoms with Gasteiger partial charge in [-0.1, -0.05) is 18.5 Å². The minimum Gasteiger partial charge on any atom is -0.367 e. The van der Waals surface area contributed by atoms with Gasteiger partial charge >= 0.3 is 0 Å². The Bertz CT molecular complexity index is 1230. The quantitative estimate of drug-likeness (QED) is 0.292. The molecule has 2 saturated heterocycles. The standard InChI is InChI=1S/C26H31ClN6O4S/c1-2-5-24(34)32-14-12-31(13-15-32)21-9-7-19(17-20(21)27)28-26(38)29-25(35)18-6-8-22(23(16-18)33(36)37)30-10-3-4-11-30/h6-9,16-17H,2-5,10-15H2,1H3,(H2,28,29,35,38). The molecule has 10 nitrogen and oxygen atoms in total. The van der Waals surface area contributed by atoms with E-state index in [1.165, 1.54) is 6.07 Å². The molecular weight excluding hydrogens is 528 g/mol. The summed E-state index contributed by atoms with van der Waals surface area (Å²) >= 11 is 11.8. The van der Waals surface area contributed by atoms with Crippen LogP contribution in [-0.2, 0) is 4.79 Å². The number of thiocarbonyl (C=S) groups is 1. The Balaban J connectivity index is 1.35. The molecule has 0 radical (unpaired) electrons. The minimum absolute atomic E-state index is 0.0492. The zero-order valence-corrected chi connectivity index (χ0v) is 22.8. The van der Waals surface area contributed by atoms with E-state index < -0.39 is 10.8 Å². The number of carbonyl (C=O) groups excluding carboxylic acids is 2. The van der Waals surface area contributed by atoms with Gasteiger partial charge in [-0.25, -0.2) is 0 Å². The highest BCUT2D eigenvalue weighted by atomic mass is 35.5. The molecule has 2 fully saturated rings. The SMILES string of the molecule is CCCC(=O)N1CCN(c2ccc(NC(=S)NC(=O)c3ccc(N4CCCC4)c([N+](=O)[O-])c3)cc2Cl)CC1. The lowest BCUT2D eigenvalue weighted by Crippen LogP contribution is -2.48. The molecule has 2 N–H and O–H groups in total. The number of hydrogen-bond donors (Lipinski definition) is 2. The molecule has 202 valence electrons. The van der Waals surface area contributed by atoms with E-state index in [2.05, 4.69) is 15.5 Å². The molecule has 0 unspecified atom stereocenters. The highest BCUT2D eigenvalue weighted by Gasteiger charge is 2.25. The predicted molar refractivity (Wildman–Crippen MR) is 153 cm³/mol. The van der Waals surface area contributed by atoms with Crippen LogP contribution in [0.5, 0.6) is 0 Å². The summed E-state index contributed by atoms with van der Waals surface area (Å²) < 4.78 is 0. The van der Waals surface area contributed by atoms with Gasteiger partial charge in [-0.3, -0.25) is 25.0 Å². The first-order valence-corrected chi connectivity index (χ1v) is 13.5. The number of nitrogens with zero attached hydrogens (tertiary/aromatic N) is 4. The van der Waals surface area contributed by atoms with Crippen LogP contribution in [0, 0.1) is 10.1 Å². The monoisotopic (exact) mass is 558 g/mol. The molecule has 2 amide bonds. The summed E-state index contributed by atoms with van der Waals surface area (Å²) in [6.45, 7) is 6.22. The molecular formula is C26H31ClN6O4S. The van der Waals surface area contributed by atoms with Gasteiger partial charge in [-0.05, 0) is 61.8 Å². The van der Waals surface area contributed by atoms with Crippen molar-refractivity contribution in [2.24, 2.45) is 0 Å². The van der Waals surface area contributed by atoms with Gasteiger partial charge < -0.3 is 20.0 Å². The number of nitro benzene ring substituents is 1. The number of benzene rings is 2. The van der Waals surface area contributed by atoms with Crippen LogP contribution in [0.1, 0.15) is 43.0 Å². The first-order chi connectivity index (χ1) is 18.3. The smallest absolute Gasteiger partial charge is 0.293 e. The van der Waals surface area contributed by atoms with E-state index >= 15 is 0 Å². The van der Waals surface area contributed by atoms with E-state index in [0.717, 1.165) is 38.0 Å². The van der Waals surface area contributed by atoms with Gasteiger partial charge in [0.2, 0.25) is 5.91 Å². The Hall–Kier alpha value is -3.44. The van der Waals surface area contributed by atoms with Crippen molar-refractivity contribution in [3.8, 4) is 0 Å². The topological polar surface area (TPSA) is 111 Å². The molecule has 2 aliphatic heterocycles. The van der Waals surface area contributed by atoms with Gasteiger partial charge in [0, 0.05) is 63.0 Å². The van der Waals surface area contributed by atoms with Crippen molar-refractivity contribution >= 4 is 63.5 Å². The fourth-order valence-corrected chi connectivity index (χ4v) is 5.29. The Morgan fingerprint density at radius 1 is 1.00 bits per heavy atom. The minimum atomic E-state index is -0.545. The highest BCUT2D eigenvalue weighted by Crippen LogP contribution is 2.32. The maximum atomic E-state index is 12.8. The summed E-state index contributed by atoms with van der Waals surface area (Å²) in [5.41, 5.74) is 2.02. The molecule has 2 aliphatic rings. The van der Waals surface area contributed by atoms with Crippen molar-refractivity contribution < 1.29 is 14.5 Å². The fraction of sp³-hybridized carbons (Fsp3) is 0.423. The molecule has 38 heavy (non-hydrogen) atoms. The van der Waals surface area contributed by atoms with E-state index in [1.807, 2.05) is 28.9 Å². The van der Waals surface area contributed by atoms with E-state index in [4.69, 9.17) is 23.8 Å². The molecule has 0 bridgehead atoms. The number of carbonyl (C=O) groups is 2. The third-order valence-corrected chi connectivity index (χ3v) is 7.26. The average molecular weight is 559 g/mol. The summed E-state index contributed by atoms with van der Waals surface area (Å²) in [5.74, 6) is -0.359. The zero-order valence-electron chi connectivity index (χ0n) is 21.2. The van der Waals surface area contributed by atoms with Crippen LogP contribution in [0.25, 0.3) is 0 Å². The Labute approximate surface area is 232 Å². The summed E-state index contributed by atoms with van der Waals surface area (Å²) in [5, 5.41) is 17.7. The van der Waals surface area contributed by atoms with Gasteiger partial charge in [-0.15, -0.1) is 0 Å². The predicted octanol–water partition coefficient (Wildman–Crippen LogP) is 4.42. The molecule has 2 aromatic carbocycles. The van der Waals surface area contributed by atoms with Crippen LogP contribution in [0.3, 0.4) is 0 Å². The Morgan fingerprint density at radius 2 is 1.66 bits per heavy atom. The maximum absolute atomic E-state index is 12.8. The number of nitrogens with one attached hydrogen (secondary N) is 2. The second-order valence-corrected chi connectivity index (χ2v) is 10.2. The van der Waals surface area contributed by atoms with Crippen molar-refractivity contribution in [1.29, 1.82) is 0 Å². The molecule has 0 aliphatic carbocycles. The van der Waals surface area contributed by atoms with Crippen molar-refractivity contribution in [3.63, 3.8) is 0 Å². The van der Waals surface area contributed by atoms with Gasteiger partial charge in [0.1, 0.15) is 5.69 Å².